The quantitative estimate of drug-likeness (QED) is 0.646. The largest absolute Gasteiger partial charge is 0.396 e. The maximum atomic E-state index is 13.4. The summed E-state index contributed by atoms with van der Waals surface area (Å²) >= 11 is 0. The van der Waals surface area contributed by atoms with Gasteiger partial charge in [-0.1, -0.05) is 20.3 Å². The number of nitrogens with zero attached hydrogens (tertiary/aromatic N) is 3. The van der Waals surface area contributed by atoms with Crippen LogP contribution in [0.3, 0.4) is 0 Å². The van der Waals surface area contributed by atoms with Crippen LogP contribution in [0.4, 0.5) is 27.5 Å². The van der Waals surface area contributed by atoms with Gasteiger partial charge >= 0.3 is 0 Å². The number of piperidine rings is 1. The first-order chi connectivity index (χ1) is 13.1. The van der Waals surface area contributed by atoms with E-state index in [1.807, 2.05) is 0 Å². The van der Waals surface area contributed by atoms with Gasteiger partial charge in [-0.25, -0.2) is 9.37 Å². The van der Waals surface area contributed by atoms with Crippen molar-refractivity contribution in [3.8, 4) is 0 Å². The summed E-state index contributed by atoms with van der Waals surface area (Å²) in [6.45, 7) is 7.19. The number of hydrogen-bond donors (Lipinski definition) is 3. The van der Waals surface area contributed by atoms with E-state index in [0.29, 0.717) is 17.7 Å². The third-order valence-electron chi connectivity index (χ3n) is 4.76. The van der Waals surface area contributed by atoms with Crippen molar-refractivity contribution in [3.63, 3.8) is 0 Å². The van der Waals surface area contributed by atoms with E-state index in [0.717, 1.165) is 50.4 Å². The molecule has 1 saturated heterocycles. The van der Waals surface area contributed by atoms with E-state index in [-0.39, 0.29) is 5.69 Å². The first kappa shape index (κ1) is 19.4. The molecule has 0 amide bonds. The average Bonchev–Trinajstić information content (AvgIpc) is 2.65. The van der Waals surface area contributed by atoms with Crippen LogP contribution in [0, 0.1) is 5.82 Å². The Bertz CT molecular complexity index is 764. The minimum atomic E-state index is -0.426. The standard InChI is InChI=1S/C20H29FN6/c1-3-6-14-12-19(27-10-5-7-16(13-27)23-4-2)26-20(24-14)25-15-8-9-17(21)18(22)11-15/h8-9,11-12,16,23H,3-7,10,13,22H2,1-2H3,(H,24,25,26). The van der Waals surface area contributed by atoms with Gasteiger partial charge < -0.3 is 21.3 Å². The molecule has 27 heavy (non-hydrogen) atoms. The van der Waals surface area contributed by atoms with E-state index < -0.39 is 5.82 Å². The number of anilines is 4. The number of benzene rings is 1. The molecule has 7 heteroatoms. The third kappa shape index (κ3) is 5.07. The molecule has 1 aliphatic heterocycles. The zero-order valence-electron chi connectivity index (χ0n) is 16.1. The van der Waals surface area contributed by atoms with Gasteiger partial charge in [0.25, 0.3) is 0 Å². The molecule has 2 heterocycles. The summed E-state index contributed by atoms with van der Waals surface area (Å²) in [5, 5.41) is 6.72. The molecule has 0 spiro atoms. The number of rotatable bonds is 7. The molecule has 1 aromatic heterocycles. The molecule has 1 aromatic carbocycles. The highest BCUT2D eigenvalue weighted by Crippen LogP contribution is 2.24. The topological polar surface area (TPSA) is 79.1 Å². The van der Waals surface area contributed by atoms with Crippen LogP contribution in [0.15, 0.2) is 24.3 Å². The molecular formula is C20H29FN6. The minimum absolute atomic E-state index is 0.106. The molecule has 2 aromatic rings. The van der Waals surface area contributed by atoms with E-state index in [1.165, 1.54) is 12.5 Å². The Labute approximate surface area is 160 Å². The lowest BCUT2D eigenvalue weighted by molar-refractivity contribution is 0.429. The van der Waals surface area contributed by atoms with Crippen LogP contribution >= 0.6 is 0 Å². The molecule has 146 valence electrons. The Hall–Kier alpha value is -2.41. The van der Waals surface area contributed by atoms with E-state index in [9.17, 15) is 4.39 Å². The second-order valence-corrected chi connectivity index (χ2v) is 7.00. The van der Waals surface area contributed by atoms with Crippen LogP contribution in [-0.4, -0.2) is 35.6 Å². The third-order valence-corrected chi connectivity index (χ3v) is 4.76. The van der Waals surface area contributed by atoms with Gasteiger partial charge in [-0.3, -0.25) is 0 Å². The van der Waals surface area contributed by atoms with Crippen molar-refractivity contribution in [2.24, 2.45) is 0 Å². The normalized spacial score (nSPS) is 17.1. The van der Waals surface area contributed by atoms with Crippen molar-refractivity contribution in [1.29, 1.82) is 0 Å². The number of aryl methyl sites for hydroxylation is 1. The zero-order chi connectivity index (χ0) is 19.2. The van der Waals surface area contributed by atoms with Gasteiger partial charge in [0.1, 0.15) is 11.6 Å². The fourth-order valence-electron chi connectivity index (χ4n) is 3.48. The molecular weight excluding hydrogens is 343 g/mol. The maximum absolute atomic E-state index is 13.4. The Balaban J connectivity index is 1.84. The summed E-state index contributed by atoms with van der Waals surface area (Å²) in [5.41, 5.74) is 7.46. The molecule has 0 radical (unpaired) electrons. The molecule has 0 aliphatic carbocycles. The van der Waals surface area contributed by atoms with Gasteiger partial charge in [0.2, 0.25) is 5.95 Å². The second-order valence-electron chi connectivity index (χ2n) is 7.00. The highest BCUT2D eigenvalue weighted by molar-refractivity contribution is 5.61. The fourth-order valence-corrected chi connectivity index (χ4v) is 3.48. The van der Waals surface area contributed by atoms with Crippen molar-refractivity contribution in [2.45, 2.75) is 45.6 Å². The smallest absolute Gasteiger partial charge is 0.229 e. The molecule has 0 bridgehead atoms. The molecule has 6 nitrogen and oxygen atoms in total. The number of nitrogens with two attached hydrogens (primary N) is 1. The van der Waals surface area contributed by atoms with Gasteiger partial charge in [0.15, 0.2) is 0 Å². The molecule has 4 N–H and O–H groups in total. The van der Waals surface area contributed by atoms with Crippen molar-refractivity contribution < 1.29 is 4.39 Å². The van der Waals surface area contributed by atoms with Gasteiger partial charge in [0.05, 0.1) is 5.69 Å². The van der Waals surface area contributed by atoms with Crippen molar-refractivity contribution in [2.75, 3.05) is 35.6 Å². The summed E-state index contributed by atoms with van der Waals surface area (Å²) in [6, 6.07) is 7.12. The Morgan fingerprint density at radius 3 is 2.85 bits per heavy atom. The summed E-state index contributed by atoms with van der Waals surface area (Å²) in [6.07, 6.45) is 4.24. The lowest BCUT2D eigenvalue weighted by Crippen LogP contribution is -2.46. The lowest BCUT2D eigenvalue weighted by atomic mass is 10.1. The first-order valence-corrected chi connectivity index (χ1v) is 9.77. The van der Waals surface area contributed by atoms with Gasteiger partial charge in [-0.05, 0) is 44.0 Å². The fraction of sp³-hybridized carbons (Fsp3) is 0.500. The Morgan fingerprint density at radius 1 is 1.26 bits per heavy atom. The molecule has 0 saturated carbocycles. The van der Waals surface area contributed by atoms with Crippen LogP contribution < -0.4 is 21.3 Å². The number of aromatic nitrogens is 2. The van der Waals surface area contributed by atoms with Crippen molar-refractivity contribution in [3.05, 3.63) is 35.8 Å². The van der Waals surface area contributed by atoms with E-state index in [4.69, 9.17) is 10.7 Å². The molecule has 1 unspecified atom stereocenters. The zero-order valence-corrected chi connectivity index (χ0v) is 16.1. The average molecular weight is 372 g/mol. The first-order valence-electron chi connectivity index (χ1n) is 9.77. The highest BCUT2D eigenvalue weighted by Gasteiger charge is 2.21. The highest BCUT2D eigenvalue weighted by atomic mass is 19.1. The van der Waals surface area contributed by atoms with E-state index in [2.05, 4.69) is 40.4 Å². The number of halogens is 1. The number of hydrogen-bond acceptors (Lipinski definition) is 6. The lowest BCUT2D eigenvalue weighted by Gasteiger charge is -2.34. The van der Waals surface area contributed by atoms with Gasteiger partial charge in [-0.15, -0.1) is 0 Å². The Kier molecular flexibility index (Phi) is 6.45. The van der Waals surface area contributed by atoms with Crippen LogP contribution in [-0.2, 0) is 6.42 Å². The van der Waals surface area contributed by atoms with Crippen LogP contribution in [0.25, 0.3) is 0 Å². The van der Waals surface area contributed by atoms with Crippen LogP contribution in [0.2, 0.25) is 0 Å². The molecule has 1 fully saturated rings. The predicted octanol–water partition coefficient (Wildman–Crippen LogP) is 3.47. The monoisotopic (exact) mass is 372 g/mol. The molecule has 3 rings (SSSR count). The minimum Gasteiger partial charge on any atom is -0.396 e. The van der Waals surface area contributed by atoms with Crippen LogP contribution in [0.5, 0.6) is 0 Å². The summed E-state index contributed by atoms with van der Waals surface area (Å²) in [5.74, 6) is 1.03. The number of nitrogens with one attached hydrogen (secondary N) is 2. The van der Waals surface area contributed by atoms with E-state index in [1.54, 1.807) is 12.1 Å². The summed E-state index contributed by atoms with van der Waals surface area (Å²) in [4.78, 5) is 11.7. The molecule has 1 atom stereocenters. The maximum Gasteiger partial charge on any atom is 0.229 e. The predicted molar refractivity (Wildman–Crippen MR) is 109 cm³/mol. The Morgan fingerprint density at radius 2 is 2.11 bits per heavy atom. The SMILES string of the molecule is CCCc1cc(N2CCCC(NCC)C2)nc(Nc2ccc(F)c(N)c2)n1. The van der Waals surface area contributed by atoms with Crippen molar-refractivity contribution in [1.82, 2.24) is 15.3 Å². The van der Waals surface area contributed by atoms with Crippen molar-refractivity contribution >= 4 is 23.1 Å². The van der Waals surface area contributed by atoms with Gasteiger partial charge in [0, 0.05) is 36.6 Å². The number of likely N-dealkylation sites (N-methyl/N-ethyl adjacent to an activating group) is 1. The number of nitrogen functional groups attached to an aromatic ring is 1. The van der Waals surface area contributed by atoms with E-state index >= 15 is 0 Å². The molecule has 1 aliphatic rings. The second kappa shape index (κ2) is 8.99. The summed E-state index contributed by atoms with van der Waals surface area (Å²) < 4.78 is 13.4. The summed E-state index contributed by atoms with van der Waals surface area (Å²) in [7, 11) is 0. The van der Waals surface area contributed by atoms with Crippen LogP contribution in [0.1, 0.15) is 38.8 Å². The van der Waals surface area contributed by atoms with Gasteiger partial charge in [-0.2, -0.15) is 4.98 Å².